The predicted octanol–water partition coefficient (Wildman–Crippen LogP) is 1.19. The van der Waals surface area contributed by atoms with Gasteiger partial charge >= 0.3 is 0 Å². The van der Waals surface area contributed by atoms with Crippen molar-refractivity contribution in [1.82, 2.24) is 0 Å². The monoisotopic (exact) mass is 192 g/mol. The molecule has 15 heavy (non-hydrogen) atoms. The molecule has 1 aliphatic heterocycles. The van der Waals surface area contributed by atoms with Crippen LogP contribution in [0.1, 0.15) is 12.0 Å². The Morgan fingerprint density at radius 3 is 3.13 bits per heavy atom. The zero-order valence-electron chi connectivity index (χ0n) is 8.07. The molecule has 0 amide bonds. The number of allylic oxidation sites excluding steroid dienone is 4. The van der Waals surface area contributed by atoms with Gasteiger partial charge in [0.15, 0.2) is 0 Å². The minimum absolute atomic E-state index is 0.701. The lowest BCUT2D eigenvalue weighted by Crippen LogP contribution is -2.23. The molecule has 70 valence electrons. The Morgan fingerprint density at radius 2 is 2.27 bits per heavy atom. The fraction of sp³-hybridized carbons (Fsp3) is 0.0769. The molecule has 3 rings (SSSR count). The van der Waals surface area contributed by atoms with Crippen molar-refractivity contribution in [3.05, 3.63) is 58.3 Å². The van der Waals surface area contributed by atoms with Crippen LogP contribution >= 0.6 is 0 Å². The molecule has 0 saturated heterocycles. The molecule has 0 N–H and O–H groups in total. The molecule has 2 heteroatoms. The molecule has 0 unspecified atom stereocenters. The molecule has 0 radical (unpaired) electrons. The Bertz CT molecular complexity index is 655. The molecule has 0 spiro atoms. The number of nitriles is 1. The van der Waals surface area contributed by atoms with E-state index in [-0.39, 0.29) is 0 Å². The predicted molar refractivity (Wildman–Crippen MR) is 57.2 cm³/mol. The number of hydrogen-bond donors (Lipinski definition) is 0. The van der Waals surface area contributed by atoms with Crippen molar-refractivity contribution in [2.45, 2.75) is 6.42 Å². The van der Waals surface area contributed by atoms with Crippen molar-refractivity contribution in [3.8, 4) is 6.07 Å². The van der Waals surface area contributed by atoms with Gasteiger partial charge in [0.2, 0.25) is 0 Å². The maximum Gasteiger partial charge on any atom is 0.0991 e. The van der Waals surface area contributed by atoms with Gasteiger partial charge in [0.05, 0.1) is 22.7 Å². The van der Waals surface area contributed by atoms with Gasteiger partial charge in [0.1, 0.15) is 0 Å². The number of nitrogens with zero attached hydrogens (tertiary/aromatic N) is 2. The van der Waals surface area contributed by atoms with Gasteiger partial charge in [0, 0.05) is 5.22 Å². The molecular formula is C13H8N2. The first-order valence-electron chi connectivity index (χ1n) is 4.88. The minimum atomic E-state index is 0.701. The van der Waals surface area contributed by atoms with E-state index in [1.165, 1.54) is 5.57 Å². The van der Waals surface area contributed by atoms with Crippen molar-refractivity contribution < 1.29 is 0 Å². The Kier molecular flexibility index (Phi) is 1.60. The lowest BCUT2D eigenvalue weighted by molar-refractivity contribution is 1.27. The first-order chi connectivity index (χ1) is 7.38. The summed E-state index contributed by atoms with van der Waals surface area (Å²) >= 11 is 0. The second-order valence-electron chi connectivity index (χ2n) is 3.62. The fourth-order valence-corrected chi connectivity index (χ4v) is 1.98. The van der Waals surface area contributed by atoms with Gasteiger partial charge in [0.25, 0.3) is 0 Å². The van der Waals surface area contributed by atoms with E-state index in [2.05, 4.69) is 17.1 Å². The van der Waals surface area contributed by atoms with Gasteiger partial charge in [-0.25, -0.2) is 4.99 Å². The topological polar surface area (TPSA) is 36.1 Å². The van der Waals surface area contributed by atoms with Crippen LogP contribution in [0.3, 0.4) is 0 Å². The number of fused-ring (bicyclic) bond motifs is 2. The third-order valence-corrected chi connectivity index (χ3v) is 2.71. The largest absolute Gasteiger partial charge is 0.248 e. The summed E-state index contributed by atoms with van der Waals surface area (Å²) in [5.74, 6) is 0. The number of rotatable bonds is 0. The molecule has 1 aromatic rings. The number of hydrogen-bond acceptors (Lipinski definition) is 2. The average molecular weight is 192 g/mol. The zero-order valence-corrected chi connectivity index (χ0v) is 8.07. The summed E-state index contributed by atoms with van der Waals surface area (Å²) in [6.07, 6.45) is 7.07. The van der Waals surface area contributed by atoms with E-state index in [1.54, 1.807) is 0 Å². The lowest BCUT2D eigenvalue weighted by Gasteiger charge is -2.03. The van der Waals surface area contributed by atoms with Crippen LogP contribution in [0.4, 0.5) is 0 Å². The van der Waals surface area contributed by atoms with E-state index in [4.69, 9.17) is 5.26 Å². The quantitative estimate of drug-likeness (QED) is 0.608. The minimum Gasteiger partial charge on any atom is -0.248 e. The van der Waals surface area contributed by atoms with E-state index < -0.39 is 0 Å². The Balaban J connectivity index is 2.40. The van der Waals surface area contributed by atoms with Crippen LogP contribution in [0.5, 0.6) is 0 Å². The second kappa shape index (κ2) is 2.93. The van der Waals surface area contributed by atoms with Crippen LogP contribution in [-0.2, 0) is 0 Å². The Morgan fingerprint density at radius 1 is 1.33 bits per heavy atom. The second-order valence-corrected chi connectivity index (χ2v) is 3.62. The summed E-state index contributed by atoms with van der Waals surface area (Å²) in [6, 6.07) is 7.81. The van der Waals surface area contributed by atoms with Crippen LogP contribution in [0.15, 0.2) is 47.1 Å². The van der Waals surface area contributed by atoms with Crippen molar-refractivity contribution in [1.29, 1.82) is 5.26 Å². The highest BCUT2D eigenvalue weighted by Crippen LogP contribution is 2.21. The standard InChI is InChI=1S/C13H8N2/c14-8-9-5-6-13-11(7-9)10-3-1-2-4-12(10)15-13/h1-2,4-7H,3H2. The summed E-state index contributed by atoms with van der Waals surface area (Å²) in [4.78, 5) is 4.51. The lowest BCUT2D eigenvalue weighted by atomic mass is 10.0. The highest BCUT2D eigenvalue weighted by molar-refractivity contribution is 5.69. The Hall–Kier alpha value is -2.14. The van der Waals surface area contributed by atoms with Crippen LogP contribution in [0.2, 0.25) is 0 Å². The molecule has 0 atom stereocenters. The van der Waals surface area contributed by atoms with Crippen molar-refractivity contribution in [2.24, 2.45) is 4.99 Å². The van der Waals surface area contributed by atoms with Crippen LogP contribution < -0.4 is 10.6 Å². The third-order valence-electron chi connectivity index (χ3n) is 2.71. The zero-order chi connectivity index (χ0) is 10.3. The summed E-state index contributed by atoms with van der Waals surface area (Å²) in [5, 5.41) is 10.9. The van der Waals surface area contributed by atoms with Crippen LogP contribution in [-0.4, -0.2) is 0 Å². The molecular weight excluding hydrogens is 184 g/mol. The van der Waals surface area contributed by atoms with Gasteiger partial charge in [-0.15, -0.1) is 0 Å². The maximum absolute atomic E-state index is 8.85. The van der Waals surface area contributed by atoms with Gasteiger partial charge in [-0.3, -0.25) is 0 Å². The van der Waals surface area contributed by atoms with E-state index in [1.807, 2.05) is 30.4 Å². The van der Waals surface area contributed by atoms with Gasteiger partial charge < -0.3 is 0 Å². The van der Waals surface area contributed by atoms with E-state index in [0.29, 0.717) is 5.56 Å². The number of benzene rings is 1. The third kappa shape index (κ3) is 1.14. The first kappa shape index (κ1) is 8.19. The summed E-state index contributed by atoms with van der Waals surface area (Å²) in [6.45, 7) is 0. The Labute approximate surface area is 87.2 Å². The summed E-state index contributed by atoms with van der Waals surface area (Å²) in [7, 11) is 0. The molecule has 1 aromatic carbocycles. The van der Waals surface area contributed by atoms with Crippen molar-refractivity contribution in [2.75, 3.05) is 0 Å². The highest BCUT2D eigenvalue weighted by Gasteiger charge is 2.13. The smallest absolute Gasteiger partial charge is 0.0991 e. The summed E-state index contributed by atoms with van der Waals surface area (Å²) < 4.78 is 0. The summed E-state index contributed by atoms with van der Waals surface area (Å²) in [5.41, 5.74) is 2.99. The maximum atomic E-state index is 8.85. The SMILES string of the molecule is N#Cc1ccc2c(c1)=C1CC=CC=C1N=2. The molecule has 0 bridgehead atoms. The van der Waals surface area contributed by atoms with E-state index >= 15 is 0 Å². The van der Waals surface area contributed by atoms with Gasteiger partial charge in [-0.2, -0.15) is 5.26 Å². The molecule has 2 nitrogen and oxygen atoms in total. The van der Waals surface area contributed by atoms with E-state index in [0.717, 1.165) is 22.7 Å². The molecule has 0 aromatic heterocycles. The highest BCUT2D eigenvalue weighted by atomic mass is 14.8. The van der Waals surface area contributed by atoms with Gasteiger partial charge in [-0.1, -0.05) is 12.2 Å². The van der Waals surface area contributed by atoms with Crippen molar-refractivity contribution >= 4 is 5.57 Å². The molecule has 1 aliphatic carbocycles. The van der Waals surface area contributed by atoms with Gasteiger partial charge in [-0.05, 0) is 36.3 Å². The molecule has 2 aliphatic rings. The van der Waals surface area contributed by atoms with E-state index in [9.17, 15) is 0 Å². The van der Waals surface area contributed by atoms with Crippen LogP contribution in [0, 0.1) is 11.3 Å². The molecule has 0 saturated carbocycles. The first-order valence-corrected chi connectivity index (χ1v) is 4.88. The normalized spacial score (nSPS) is 16.2. The van der Waals surface area contributed by atoms with Crippen molar-refractivity contribution in [3.63, 3.8) is 0 Å². The fourth-order valence-electron chi connectivity index (χ4n) is 1.98. The molecule has 0 fully saturated rings. The molecule has 1 heterocycles. The van der Waals surface area contributed by atoms with Crippen LogP contribution in [0.25, 0.3) is 5.57 Å². The average Bonchev–Trinajstić information content (AvgIpc) is 2.66.